The molecule has 3 nitrogen and oxygen atoms in total. The summed E-state index contributed by atoms with van der Waals surface area (Å²) in [4.78, 5) is 2.40. The summed E-state index contributed by atoms with van der Waals surface area (Å²) in [7, 11) is 0. The van der Waals surface area contributed by atoms with Crippen LogP contribution in [0.4, 0.5) is 0 Å². The molecule has 1 atom stereocenters. The number of nitrogens with zero attached hydrogens (tertiary/aromatic N) is 1. The van der Waals surface area contributed by atoms with E-state index in [1.165, 1.54) is 0 Å². The second-order valence-corrected chi connectivity index (χ2v) is 5.76. The normalized spacial score (nSPS) is 18.8. The highest BCUT2D eigenvalue weighted by Crippen LogP contribution is 2.40. The maximum atomic E-state index is 10.2. The largest absolute Gasteiger partial charge is 0.506 e. The summed E-state index contributed by atoms with van der Waals surface area (Å²) in [6.45, 7) is 6.12. The molecule has 0 radical (unpaired) electrons. The summed E-state index contributed by atoms with van der Waals surface area (Å²) < 4.78 is 0.926. The number of nitrogens with one attached hydrogen (secondary N) is 1. The van der Waals surface area contributed by atoms with Crippen molar-refractivity contribution in [2.75, 3.05) is 26.2 Å². The monoisotopic (exact) mass is 332 g/mol. The minimum atomic E-state index is 0.205. The van der Waals surface area contributed by atoms with Crippen LogP contribution in [-0.2, 0) is 0 Å². The van der Waals surface area contributed by atoms with Gasteiger partial charge in [-0.15, -0.1) is 0 Å². The van der Waals surface area contributed by atoms with Gasteiger partial charge in [-0.25, -0.2) is 0 Å². The Hall–Kier alpha value is -0.290. The molecule has 0 unspecified atom stereocenters. The molecule has 0 saturated carbocycles. The summed E-state index contributed by atoms with van der Waals surface area (Å²) in [5, 5.41) is 14.0. The number of phenols is 1. The van der Waals surface area contributed by atoms with Crippen LogP contribution in [0.25, 0.3) is 0 Å². The second-order valence-electron chi connectivity index (χ2n) is 4.50. The predicted octanol–water partition coefficient (Wildman–Crippen LogP) is 3.16. The fourth-order valence-electron chi connectivity index (χ4n) is 2.51. The van der Waals surface area contributed by atoms with E-state index in [9.17, 15) is 5.11 Å². The fraction of sp³-hybridized carbons (Fsp3) is 0.538. The summed E-state index contributed by atoms with van der Waals surface area (Å²) in [6, 6.07) is 3.83. The van der Waals surface area contributed by atoms with Gasteiger partial charge in [-0.2, -0.15) is 0 Å². The van der Waals surface area contributed by atoms with Gasteiger partial charge in [0.1, 0.15) is 5.75 Å². The maximum Gasteiger partial charge on any atom is 0.140 e. The molecular formula is C13H18BrClN2O. The van der Waals surface area contributed by atoms with Crippen molar-refractivity contribution >= 4 is 27.5 Å². The van der Waals surface area contributed by atoms with Crippen LogP contribution in [0, 0.1) is 0 Å². The van der Waals surface area contributed by atoms with E-state index in [2.05, 4.69) is 33.1 Å². The molecule has 100 valence electrons. The van der Waals surface area contributed by atoms with Gasteiger partial charge < -0.3 is 10.4 Å². The zero-order valence-electron chi connectivity index (χ0n) is 10.4. The van der Waals surface area contributed by atoms with Gasteiger partial charge in [-0.3, -0.25) is 4.90 Å². The molecule has 18 heavy (non-hydrogen) atoms. The highest BCUT2D eigenvalue weighted by atomic mass is 79.9. The highest BCUT2D eigenvalue weighted by molar-refractivity contribution is 9.10. The molecule has 1 fully saturated rings. The minimum Gasteiger partial charge on any atom is -0.506 e. The summed E-state index contributed by atoms with van der Waals surface area (Å²) in [5.41, 5.74) is 0.909. The molecule has 0 amide bonds. The Labute approximate surface area is 121 Å². The molecule has 5 heteroatoms. The molecule has 1 aromatic carbocycles. The topological polar surface area (TPSA) is 35.5 Å². The standard InChI is InChI=1S/C13H18BrClN2O/c1-2-11(17-7-5-16-6-8-17)12-9(14)3-4-10(15)13(12)18/h3-4,11,16,18H,2,5-8H2,1H3/t11-/m1/s1. The first-order chi connectivity index (χ1) is 8.65. The first kappa shape index (κ1) is 14.1. The third-order valence-electron chi connectivity index (χ3n) is 3.43. The van der Waals surface area contributed by atoms with Crippen molar-refractivity contribution < 1.29 is 5.11 Å². The van der Waals surface area contributed by atoms with E-state index in [4.69, 9.17) is 11.6 Å². The summed E-state index contributed by atoms with van der Waals surface area (Å²) >= 11 is 9.55. The van der Waals surface area contributed by atoms with Gasteiger partial charge in [0.05, 0.1) is 5.02 Å². The first-order valence-electron chi connectivity index (χ1n) is 6.26. The van der Waals surface area contributed by atoms with Crippen molar-refractivity contribution in [2.24, 2.45) is 0 Å². The van der Waals surface area contributed by atoms with Crippen LogP contribution in [-0.4, -0.2) is 36.2 Å². The van der Waals surface area contributed by atoms with Crippen LogP contribution in [0.2, 0.25) is 5.02 Å². The average Bonchev–Trinajstić information content (AvgIpc) is 2.40. The molecule has 1 aliphatic rings. The number of aromatic hydroxyl groups is 1. The summed E-state index contributed by atoms with van der Waals surface area (Å²) in [6.07, 6.45) is 0.951. The molecule has 1 aliphatic heterocycles. The van der Waals surface area contributed by atoms with Gasteiger partial charge in [0, 0.05) is 42.3 Å². The van der Waals surface area contributed by atoms with Crippen molar-refractivity contribution in [3.8, 4) is 5.75 Å². The first-order valence-corrected chi connectivity index (χ1v) is 7.44. The quantitative estimate of drug-likeness (QED) is 0.892. The highest BCUT2D eigenvalue weighted by Gasteiger charge is 2.25. The van der Waals surface area contributed by atoms with E-state index in [1.807, 2.05) is 6.07 Å². The number of halogens is 2. The van der Waals surface area contributed by atoms with Crippen LogP contribution in [0.5, 0.6) is 5.75 Å². The molecular weight excluding hydrogens is 316 g/mol. The molecule has 1 heterocycles. The maximum absolute atomic E-state index is 10.2. The van der Waals surface area contributed by atoms with Gasteiger partial charge in [0.2, 0.25) is 0 Å². The van der Waals surface area contributed by atoms with Crippen molar-refractivity contribution in [2.45, 2.75) is 19.4 Å². The second kappa shape index (κ2) is 6.24. The predicted molar refractivity (Wildman–Crippen MR) is 78.3 cm³/mol. The number of hydrogen-bond donors (Lipinski definition) is 2. The van der Waals surface area contributed by atoms with Crippen LogP contribution >= 0.6 is 27.5 Å². The minimum absolute atomic E-state index is 0.205. The lowest BCUT2D eigenvalue weighted by molar-refractivity contribution is 0.166. The third kappa shape index (κ3) is 2.82. The van der Waals surface area contributed by atoms with Crippen LogP contribution in [0.15, 0.2) is 16.6 Å². The summed E-state index contributed by atoms with van der Waals surface area (Å²) in [5.74, 6) is 0.205. The van der Waals surface area contributed by atoms with E-state index in [0.29, 0.717) is 5.02 Å². The smallest absolute Gasteiger partial charge is 0.140 e. The lowest BCUT2D eigenvalue weighted by Crippen LogP contribution is -2.45. The Morgan fingerprint density at radius 1 is 1.44 bits per heavy atom. The Morgan fingerprint density at radius 2 is 2.11 bits per heavy atom. The van der Waals surface area contributed by atoms with Gasteiger partial charge in [-0.1, -0.05) is 34.5 Å². The molecule has 0 aliphatic carbocycles. The SMILES string of the molecule is CC[C@H](c1c(Br)ccc(Cl)c1O)N1CCNCC1. The van der Waals surface area contributed by atoms with E-state index >= 15 is 0 Å². The number of phenolic OH excluding ortho intramolecular Hbond substituents is 1. The number of piperazine rings is 1. The molecule has 0 bridgehead atoms. The number of benzene rings is 1. The fourth-order valence-corrected chi connectivity index (χ4v) is 3.26. The average molecular weight is 334 g/mol. The Bertz CT molecular complexity index is 422. The molecule has 1 saturated heterocycles. The van der Waals surface area contributed by atoms with Crippen molar-refractivity contribution in [3.05, 3.63) is 27.2 Å². The Kier molecular flexibility index (Phi) is 4.90. The third-order valence-corrected chi connectivity index (χ3v) is 4.42. The number of rotatable bonds is 3. The van der Waals surface area contributed by atoms with Gasteiger partial charge >= 0.3 is 0 Å². The van der Waals surface area contributed by atoms with E-state index < -0.39 is 0 Å². The van der Waals surface area contributed by atoms with Crippen molar-refractivity contribution in [1.82, 2.24) is 10.2 Å². The Balaban J connectivity index is 2.34. The van der Waals surface area contributed by atoms with Crippen molar-refractivity contribution in [3.63, 3.8) is 0 Å². The van der Waals surface area contributed by atoms with Crippen LogP contribution in [0.1, 0.15) is 24.9 Å². The zero-order valence-corrected chi connectivity index (χ0v) is 12.8. The molecule has 2 rings (SSSR count). The lowest BCUT2D eigenvalue weighted by atomic mass is 10.0. The molecule has 0 aromatic heterocycles. The lowest BCUT2D eigenvalue weighted by Gasteiger charge is -2.35. The molecule has 1 aromatic rings. The van der Waals surface area contributed by atoms with Gasteiger partial charge in [0.25, 0.3) is 0 Å². The van der Waals surface area contributed by atoms with Gasteiger partial charge in [-0.05, 0) is 18.6 Å². The van der Waals surface area contributed by atoms with E-state index in [0.717, 1.165) is 42.6 Å². The van der Waals surface area contributed by atoms with E-state index in [-0.39, 0.29) is 11.8 Å². The number of hydrogen-bond acceptors (Lipinski definition) is 3. The van der Waals surface area contributed by atoms with Crippen LogP contribution in [0.3, 0.4) is 0 Å². The zero-order chi connectivity index (χ0) is 13.1. The Morgan fingerprint density at radius 3 is 2.72 bits per heavy atom. The van der Waals surface area contributed by atoms with E-state index in [1.54, 1.807) is 6.07 Å². The van der Waals surface area contributed by atoms with Crippen LogP contribution < -0.4 is 5.32 Å². The van der Waals surface area contributed by atoms with Gasteiger partial charge in [0.15, 0.2) is 0 Å². The molecule has 2 N–H and O–H groups in total. The van der Waals surface area contributed by atoms with Crippen molar-refractivity contribution in [1.29, 1.82) is 0 Å². The molecule has 0 spiro atoms.